The SMILES string of the molecule is CC(=O)c1cccc(S(=O)(=O)N2CCCC(c3nc4c(nnn4Cc4ccccc4Cl)c(=O)[nH]3)C2)c1. The van der Waals surface area contributed by atoms with Crippen LogP contribution >= 0.6 is 11.6 Å². The topological polar surface area (TPSA) is 131 Å². The number of nitrogens with zero attached hydrogens (tertiary/aromatic N) is 5. The van der Waals surface area contributed by atoms with Crippen LogP contribution in [0, 0.1) is 0 Å². The van der Waals surface area contributed by atoms with E-state index in [9.17, 15) is 18.0 Å². The molecule has 1 aliphatic heterocycles. The van der Waals surface area contributed by atoms with E-state index in [1.165, 1.54) is 28.0 Å². The van der Waals surface area contributed by atoms with Gasteiger partial charge in [-0.3, -0.25) is 9.59 Å². The molecule has 0 spiro atoms. The molecule has 0 bridgehead atoms. The Hall–Kier alpha value is -3.41. The number of benzene rings is 2. The predicted molar refractivity (Wildman–Crippen MR) is 134 cm³/mol. The van der Waals surface area contributed by atoms with E-state index in [1.807, 2.05) is 18.2 Å². The third kappa shape index (κ3) is 4.57. The molecule has 12 heteroatoms. The van der Waals surface area contributed by atoms with Crippen molar-refractivity contribution in [2.24, 2.45) is 0 Å². The summed E-state index contributed by atoms with van der Waals surface area (Å²) in [6, 6.07) is 13.3. The van der Waals surface area contributed by atoms with Crippen molar-refractivity contribution < 1.29 is 13.2 Å². The first kappa shape index (κ1) is 24.3. The second-order valence-corrected chi connectivity index (χ2v) is 11.1. The molecule has 1 aliphatic rings. The lowest BCUT2D eigenvalue weighted by atomic mass is 9.99. The number of carbonyl (C=O) groups is 1. The Bertz CT molecular complexity index is 1630. The summed E-state index contributed by atoms with van der Waals surface area (Å²) in [4.78, 5) is 32.0. The van der Waals surface area contributed by atoms with Gasteiger partial charge in [-0.25, -0.2) is 18.1 Å². The summed E-state index contributed by atoms with van der Waals surface area (Å²) < 4.78 is 29.6. The molecule has 10 nitrogen and oxygen atoms in total. The van der Waals surface area contributed by atoms with E-state index in [4.69, 9.17) is 11.6 Å². The van der Waals surface area contributed by atoms with Crippen LogP contribution in [0.1, 0.15) is 47.4 Å². The quantitative estimate of drug-likeness (QED) is 0.382. The molecule has 0 amide bonds. The largest absolute Gasteiger partial charge is 0.308 e. The lowest BCUT2D eigenvalue weighted by molar-refractivity contribution is 0.101. The third-order valence-electron chi connectivity index (χ3n) is 6.32. The van der Waals surface area contributed by atoms with Gasteiger partial charge in [-0.2, -0.15) is 4.31 Å². The highest BCUT2D eigenvalue weighted by Crippen LogP contribution is 2.29. The number of aromatic amines is 1. The van der Waals surface area contributed by atoms with Crippen LogP contribution in [0.15, 0.2) is 58.2 Å². The first-order chi connectivity index (χ1) is 17.2. The Morgan fingerprint density at radius 3 is 2.78 bits per heavy atom. The molecule has 0 saturated carbocycles. The zero-order valence-electron chi connectivity index (χ0n) is 19.4. The number of nitrogens with one attached hydrogen (secondary N) is 1. The molecule has 36 heavy (non-hydrogen) atoms. The van der Waals surface area contributed by atoms with Crippen LogP contribution in [0.2, 0.25) is 5.02 Å². The van der Waals surface area contributed by atoms with Crippen molar-refractivity contribution in [1.82, 2.24) is 29.3 Å². The van der Waals surface area contributed by atoms with E-state index < -0.39 is 15.6 Å². The molecule has 2 aromatic heterocycles. The number of hydrogen-bond donors (Lipinski definition) is 1. The molecular formula is C24H23ClN6O4S. The van der Waals surface area contributed by atoms with Crippen LogP contribution in [0.4, 0.5) is 0 Å². The molecule has 1 saturated heterocycles. The Morgan fingerprint density at radius 2 is 2.00 bits per heavy atom. The van der Waals surface area contributed by atoms with Crippen LogP contribution in [-0.2, 0) is 16.6 Å². The molecule has 2 aromatic carbocycles. The van der Waals surface area contributed by atoms with Gasteiger partial charge >= 0.3 is 0 Å². The summed E-state index contributed by atoms with van der Waals surface area (Å²) >= 11 is 6.28. The lowest BCUT2D eigenvalue weighted by Gasteiger charge is -2.31. The number of H-pyrrole nitrogens is 1. The molecule has 1 fully saturated rings. The van der Waals surface area contributed by atoms with Gasteiger partial charge in [0.2, 0.25) is 10.0 Å². The van der Waals surface area contributed by atoms with Crippen molar-refractivity contribution in [2.75, 3.05) is 13.1 Å². The Balaban J connectivity index is 1.46. The van der Waals surface area contributed by atoms with Gasteiger partial charge in [-0.05, 0) is 43.5 Å². The molecule has 1 N–H and O–H groups in total. The highest BCUT2D eigenvalue weighted by molar-refractivity contribution is 7.89. The molecule has 0 aliphatic carbocycles. The molecule has 4 aromatic rings. The number of aromatic nitrogens is 5. The average molecular weight is 527 g/mol. The highest BCUT2D eigenvalue weighted by Gasteiger charge is 2.32. The normalized spacial score (nSPS) is 16.9. The fourth-order valence-electron chi connectivity index (χ4n) is 4.38. The van der Waals surface area contributed by atoms with Gasteiger partial charge in [0.05, 0.1) is 11.4 Å². The van der Waals surface area contributed by atoms with Crippen LogP contribution in [-0.4, -0.2) is 56.6 Å². The second-order valence-electron chi connectivity index (χ2n) is 8.75. The Labute approximate surface area is 212 Å². The van der Waals surface area contributed by atoms with E-state index in [2.05, 4.69) is 20.3 Å². The molecule has 186 valence electrons. The monoisotopic (exact) mass is 526 g/mol. The van der Waals surface area contributed by atoms with Crippen LogP contribution < -0.4 is 5.56 Å². The molecule has 1 atom stereocenters. The molecular weight excluding hydrogens is 504 g/mol. The second kappa shape index (κ2) is 9.57. The maximum absolute atomic E-state index is 13.4. The van der Waals surface area contributed by atoms with Crippen LogP contribution in [0.5, 0.6) is 0 Å². The summed E-state index contributed by atoms with van der Waals surface area (Å²) in [6.07, 6.45) is 1.25. The molecule has 5 rings (SSSR count). The fraction of sp³-hybridized carbons (Fsp3) is 0.292. The van der Waals surface area contributed by atoms with Crippen molar-refractivity contribution in [3.63, 3.8) is 0 Å². The number of hydrogen-bond acceptors (Lipinski definition) is 7. The summed E-state index contributed by atoms with van der Waals surface area (Å²) in [5, 5.41) is 8.63. The van der Waals surface area contributed by atoms with E-state index in [0.29, 0.717) is 41.4 Å². The fourth-order valence-corrected chi connectivity index (χ4v) is 6.15. The summed E-state index contributed by atoms with van der Waals surface area (Å²) in [7, 11) is -3.84. The van der Waals surface area contributed by atoms with Gasteiger partial charge in [0.25, 0.3) is 5.56 Å². The van der Waals surface area contributed by atoms with E-state index in [-0.39, 0.29) is 35.2 Å². The molecule has 3 heterocycles. The van der Waals surface area contributed by atoms with Gasteiger partial charge in [-0.1, -0.05) is 47.1 Å². The number of fused-ring (bicyclic) bond motifs is 1. The molecule has 0 radical (unpaired) electrons. The van der Waals surface area contributed by atoms with Gasteiger partial charge in [-0.15, -0.1) is 5.10 Å². The zero-order valence-corrected chi connectivity index (χ0v) is 21.0. The standard InChI is InChI=1S/C24H23ClN6O4S/c1-15(32)16-7-4-9-19(12-16)36(34,35)30-11-5-8-18(13-30)22-26-23-21(24(33)27-22)28-29-31(23)14-17-6-2-3-10-20(17)25/h2-4,6-7,9-10,12,18H,5,8,11,13-14H2,1H3,(H,26,27,33). The van der Waals surface area contributed by atoms with Crippen LogP contribution in [0.25, 0.3) is 11.2 Å². The molecule has 1 unspecified atom stereocenters. The van der Waals surface area contributed by atoms with Gasteiger partial charge in [0, 0.05) is 29.6 Å². The number of carbonyl (C=O) groups excluding carboxylic acids is 1. The van der Waals surface area contributed by atoms with Crippen LogP contribution in [0.3, 0.4) is 0 Å². The van der Waals surface area contributed by atoms with Gasteiger partial charge in [0.15, 0.2) is 16.9 Å². The maximum Gasteiger partial charge on any atom is 0.281 e. The van der Waals surface area contributed by atoms with Gasteiger partial charge in [0.1, 0.15) is 5.82 Å². The van der Waals surface area contributed by atoms with E-state index in [0.717, 1.165) is 5.56 Å². The van der Waals surface area contributed by atoms with Crippen molar-refractivity contribution in [2.45, 2.75) is 37.1 Å². The highest BCUT2D eigenvalue weighted by atomic mass is 35.5. The zero-order chi connectivity index (χ0) is 25.4. The first-order valence-corrected chi connectivity index (χ1v) is 13.2. The number of sulfonamides is 1. The first-order valence-electron chi connectivity index (χ1n) is 11.4. The van der Waals surface area contributed by atoms with Crippen molar-refractivity contribution in [1.29, 1.82) is 0 Å². The van der Waals surface area contributed by atoms with Crippen molar-refractivity contribution >= 4 is 38.6 Å². The summed E-state index contributed by atoms with van der Waals surface area (Å²) in [5.41, 5.74) is 1.11. The minimum absolute atomic E-state index is 0.0646. The summed E-state index contributed by atoms with van der Waals surface area (Å²) in [5.74, 6) is -0.154. The number of ketones is 1. The number of rotatable bonds is 6. The maximum atomic E-state index is 13.4. The lowest BCUT2D eigenvalue weighted by Crippen LogP contribution is -2.40. The smallest absolute Gasteiger partial charge is 0.281 e. The Morgan fingerprint density at radius 1 is 1.19 bits per heavy atom. The Kier molecular flexibility index (Phi) is 6.45. The number of halogens is 1. The average Bonchev–Trinajstić information content (AvgIpc) is 3.29. The summed E-state index contributed by atoms with van der Waals surface area (Å²) in [6.45, 7) is 2.16. The van der Waals surface area contributed by atoms with Crippen molar-refractivity contribution in [3.05, 3.63) is 80.9 Å². The van der Waals surface area contributed by atoms with Gasteiger partial charge < -0.3 is 4.98 Å². The third-order valence-corrected chi connectivity index (χ3v) is 8.55. The van der Waals surface area contributed by atoms with E-state index in [1.54, 1.807) is 18.2 Å². The minimum atomic E-state index is -3.84. The van der Waals surface area contributed by atoms with Crippen molar-refractivity contribution in [3.8, 4) is 0 Å². The minimum Gasteiger partial charge on any atom is -0.308 e. The van der Waals surface area contributed by atoms with E-state index >= 15 is 0 Å². The number of Topliss-reactive ketones (excluding diaryl/α,β-unsaturated/α-hetero) is 1. The predicted octanol–water partition coefficient (Wildman–Crippen LogP) is 2.99. The number of piperidine rings is 1.